The molecule has 0 saturated heterocycles. The van der Waals surface area contributed by atoms with Gasteiger partial charge in [0.05, 0.1) is 18.8 Å². The second kappa shape index (κ2) is 51.7. The van der Waals surface area contributed by atoms with Crippen LogP contribution in [0, 0.1) is 0 Å². The van der Waals surface area contributed by atoms with Crippen LogP contribution in [0.3, 0.4) is 0 Å². The van der Waals surface area contributed by atoms with Crippen LogP contribution in [0.1, 0.15) is 322 Å². The first-order chi connectivity index (χ1) is 31.3. The van der Waals surface area contributed by atoms with Gasteiger partial charge in [0.15, 0.2) is 0 Å². The summed E-state index contributed by atoms with van der Waals surface area (Å²) in [5.41, 5.74) is 0. The molecule has 0 unspecified atom stereocenters. The van der Waals surface area contributed by atoms with Crippen molar-refractivity contribution in [3.63, 3.8) is 0 Å². The molecule has 0 aromatic carbocycles. The van der Waals surface area contributed by atoms with Crippen LogP contribution >= 0.6 is 7.82 Å². The van der Waals surface area contributed by atoms with E-state index >= 15 is 0 Å². The largest absolute Gasteiger partial charge is 0.469 e. The molecule has 0 aromatic heterocycles. The molecule has 0 aliphatic heterocycles. The highest BCUT2D eigenvalue weighted by atomic mass is 31.2. The van der Waals surface area contributed by atoms with E-state index in [9.17, 15) is 24.3 Å². The lowest BCUT2D eigenvalue weighted by atomic mass is 10.0. The minimum atomic E-state index is -4.72. The SMILES string of the molecule is CCCCCCCCCCCCCCCCC/C=C/[C@@H](O)[C@H](COP(=O)(O)O)NC(=O)CCCCCCCCCCCCCCCCCCCCCCCCCCCCCCCCC. The normalized spacial score (nSPS) is 13.0. The van der Waals surface area contributed by atoms with Crippen molar-refractivity contribution in [2.45, 2.75) is 334 Å². The summed E-state index contributed by atoms with van der Waals surface area (Å²) < 4.78 is 16.0. The van der Waals surface area contributed by atoms with Gasteiger partial charge in [0.25, 0.3) is 0 Å². The Kier molecular flexibility index (Phi) is 51.1. The lowest BCUT2D eigenvalue weighted by molar-refractivity contribution is -0.123. The van der Waals surface area contributed by atoms with Crippen molar-refractivity contribution in [1.82, 2.24) is 5.32 Å². The van der Waals surface area contributed by atoms with Crippen LogP contribution < -0.4 is 5.32 Å². The van der Waals surface area contributed by atoms with E-state index < -0.39 is 26.6 Å². The van der Waals surface area contributed by atoms with Crippen LogP contribution in [0.15, 0.2) is 12.2 Å². The van der Waals surface area contributed by atoms with Gasteiger partial charge in [-0.1, -0.05) is 309 Å². The standard InChI is InChI=1S/C56H112NO6P/c1-3-5-7-9-11-13-15-17-19-21-22-23-24-25-26-27-28-29-30-31-32-33-34-36-38-40-42-44-46-48-50-52-56(59)57-54(53-63-64(60,61)62)55(58)51-49-47-45-43-41-39-37-35-20-18-16-14-12-10-8-6-4-2/h49,51,54-55,58H,3-48,50,52-53H2,1-2H3,(H,57,59)(H2,60,61,62)/b51-49+/t54-,55+/m0/s1. The third kappa shape index (κ3) is 52.3. The molecule has 0 aliphatic carbocycles. The Labute approximate surface area is 399 Å². The number of nitrogens with one attached hydrogen (secondary N) is 1. The second-order valence-electron chi connectivity index (χ2n) is 20.0. The number of rotatable bonds is 54. The van der Waals surface area contributed by atoms with Crippen LogP contribution in [0.5, 0.6) is 0 Å². The quantitative estimate of drug-likeness (QED) is 0.0274. The fraction of sp³-hybridized carbons (Fsp3) is 0.946. The molecule has 0 saturated carbocycles. The number of phosphoric acid groups is 1. The number of phosphoric ester groups is 1. The van der Waals surface area contributed by atoms with Crippen molar-refractivity contribution in [2.24, 2.45) is 0 Å². The number of hydrogen-bond donors (Lipinski definition) is 4. The summed E-state index contributed by atoms with van der Waals surface area (Å²) in [6, 6.07) is -0.907. The van der Waals surface area contributed by atoms with Gasteiger partial charge in [-0.25, -0.2) is 4.57 Å². The number of carbonyl (C=O) groups excluding carboxylic acids is 1. The average molecular weight is 926 g/mol. The molecule has 0 rings (SSSR count). The molecular formula is C56H112NO6P. The molecule has 1 amide bonds. The third-order valence-corrected chi connectivity index (χ3v) is 14.0. The van der Waals surface area contributed by atoms with Crippen LogP contribution in [-0.2, 0) is 13.9 Å². The zero-order valence-corrected chi connectivity index (χ0v) is 43.9. The molecule has 64 heavy (non-hydrogen) atoms. The molecule has 382 valence electrons. The van der Waals surface area contributed by atoms with Gasteiger partial charge in [0, 0.05) is 6.42 Å². The van der Waals surface area contributed by atoms with E-state index in [0.29, 0.717) is 6.42 Å². The zero-order chi connectivity index (χ0) is 46.7. The Morgan fingerprint density at radius 1 is 0.438 bits per heavy atom. The Hall–Kier alpha value is -0.720. The Morgan fingerprint density at radius 2 is 0.688 bits per heavy atom. The third-order valence-electron chi connectivity index (χ3n) is 13.5. The maximum absolute atomic E-state index is 12.7. The van der Waals surface area contributed by atoms with Gasteiger partial charge in [-0.05, 0) is 19.3 Å². The van der Waals surface area contributed by atoms with E-state index in [0.717, 1.165) is 38.5 Å². The minimum absolute atomic E-state index is 0.218. The van der Waals surface area contributed by atoms with E-state index in [-0.39, 0.29) is 5.91 Å². The molecule has 0 bridgehead atoms. The summed E-state index contributed by atoms with van der Waals surface area (Å²) >= 11 is 0. The highest BCUT2D eigenvalue weighted by Crippen LogP contribution is 2.36. The van der Waals surface area contributed by atoms with E-state index in [2.05, 4.69) is 23.7 Å². The average Bonchev–Trinajstić information content (AvgIpc) is 3.27. The summed E-state index contributed by atoms with van der Waals surface area (Å²) in [5.74, 6) is -0.218. The smallest absolute Gasteiger partial charge is 0.387 e. The van der Waals surface area contributed by atoms with Crippen LogP contribution in [0.4, 0.5) is 0 Å². The Morgan fingerprint density at radius 3 is 0.953 bits per heavy atom. The van der Waals surface area contributed by atoms with Crippen molar-refractivity contribution in [2.75, 3.05) is 6.61 Å². The Bertz CT molecular complexity index is 1000. The summed E-state index contributed by atoms with van der Waals surface area (Å²) in [7, 11) is -4.72. The monoisotopic (exact) mass is 926 g/mol. The summed E-state index contributed by atoms with van der Waals surface area (Å²) in [6.07, 6.45) is 65.7. The van der Waals surface area contributed by atoms with Gasteiger partial charge in [-0.3, -0.25) is 9.32 Å². The predicted molar refractivity (Wildman–Crippen MR) is 278 cm³/mol. The van der Waals surface area contributed by atoms with Crippen molar-refractivity contribution in [1.29, 1.82) is 0 Å². The van der Waals surface area contributed by atoms with E-state index in [4.69, 9.17) is 0 Å². The van der Waals surface area contributed by atoms with Crippen molar-refractivity contribution >= 4 is 13.7 Å². The maximum atomic E-state index is 12.7. The van der Waals surface area contributed by atoms with Gasteiger partial charge in [-0.15, -0.1) is 0 Å². The summed E-state index contributed by atoms with van der Waals surface area (Å²) in [5, 5.41) is 13.5. The first-order valence-electron chi connectivity index (χ1n) is 28.6. The molecule has 0 aromatic rings. The van der Waals surface area contributed by atoms with Gasteiger partial charge in [0.1, 0.15) is 0 Å². The molecule has 0 heterocycles. The first kappa shape index (κ1) is 63.3. The summed E-state index contributed by atoms with van der Waals surface area (Å²) in [6.45, 7) is 4.12. The molecule has 0 spiro atoms. The minimum Gasteiger partial charge on any atom is -0.387 e. The number of unbranched alkanes of at least 4 members (excludes halogenated alkanes) is 45. The van der Waals surface area contributed by atoms with Crippen LogP contribution in [-0.4, -0.2) is 39.6 Å². The number of aliphatic hydroxyl groups excluding tert-OH is 1. The number of carbonyl (C=O) groups is 1. The second-order valence-corrected chi connectivity index (χ2v) is 21.2. The van der Waals surface area contributed by atoms with E-state index in [1.54, 1.807) is 6.08 Å². The van der Waals surface area contributed by atoms with Crippen LogP contribution in [0.25, 0.3) is 0 Å². The van der Waals surface area contributed by atoms with E-state index in [1.807, 2.05) is 6.08 Å². The zero-order valence-electron chi connectivity index (χ0n) is 43.0. The van der Waals surface area contributed by atoms with E-state index in [1.165, 1.54) is 263 Å². The van der Waals surface area contributed by atoms with Crippen LogP contribution in [0.2, 0.25) is 0 Å². The van der Waals surface area contributed by atoms with Gasteiger partial charge >= 0.3 is 7.82 Å². The molecule has 4 N–H and O–H groups in total. The lowest BCUT2D eigenvalue weighted by Gasteiger charge is -2.22. The molecule has 8 heteroatoms. The van der Waals surface area contributed by atoms with Gasteiger partial charge in [0.2, 0.25) is 5.91 Å². The number of hydrogen-bond acceptors (Lipinski definition) is 4. The molecule has 2 atom stereocenters. The summed E-state index contributed by atoms with van der Waals surface area (Å²) in [4.78, 5) is 31.1. The lowest BCUT2D eigenvalue weighted by Crippen LogP contribution is -2.45. The molecular weight excluding hydrogens is 814 g/mol. The highest BCUT2D eigenvalue weighted by Gasteiger charge is 2.24. The fourth-order valence-corrected chi connectivity index (χ4v) is 9.53. The number of amides is 1. The molecule has 0 aliphatic rings. The maximum Gasteiger partial charge on any atom is 0.469 e. The topological polar surface area (TPSA) is 116 Å². The highest BCUT2D eigenvalue weighted by molar-refractivity contribution is 7.46. The predicted octanol–water partition coefficient (Wildman–Crippen LogP) is 18.3. The van der Waals surface area contributed by atoms with Crippen molar-refractivity contribution in [3.05, 3.63) is 12.2 Å². The first-order valence-corrected chi connectivity index (χ1v) is 30.2. The molecule has 0 fully saturated rings. The molecule has 0 radical (unpaired) electrons. The number of aliphatic hydroxyl groups is 1. The molecule has 7 nitrogen and oxygen atoms in total. The number of allylic oxidation sites excluding steroid dienone is 1. The van der Waals surface area contributed by atoms with Gasteiger partial charge in [-0.2, -0.15) is 0 Å². The van der Waals surface area contributed by atoms with Crippen molar-refractivity contribution < 1.29 is 28.8 Å². The fourth-order valence-electron chi connectivity index (χ4n) is 9.17. The van der Waals surface area contributed by atoms with Crippen molar-refractivity contribution in [3.8, 4) is 0 Å². The van der Waals surface area contributed by atoms with Gasteiger partial charge < -0.3 is 20.2 Å². The Balaban J connectivity index is 3.69.